The SMILES string of the molecule is COc1ccc2cc(S(=O)(=O)Nc3c(C)n(C)n(-c4ccccc4)c3=O)ccc2c1. The van der Waals surface area contributed by atoms with Gasteiger partial charge in [0.05, 0.1) is 23.4 Å². The van der Waals surface area contributed by atoms with Crippen molar-refractivity contribution in [1.82, 2.24) is 9.36 Å². The maximum atomic E-state index is 13.0. The summed E-state index contributed by atoms with van der Waals surface area (Å²) >= 11 is 0. The third-order valence-corrected chi connectivity index (χ3v) is 6.47. The van der Waals surface area contributed by atoms with Crippen molar-refractivity contribution in [1.29, 1.82) is 0 Å². The molecule has 0 spiro atoms. The standard InChI is InChI=1S/C22H21N3O4S/c1-15-21(22(26)25(24(15)2)18-7-5-4-6-8-18)23-30(27,28)20-12-10-16-13-19(29-3)11-9-17(16)14-20/h4-14,23H,1-3H3. The molecule has 0 saturated carbocycles. The second-order valence-corrected chi connectivity index (χ2v) is 8.60. The molecule has 1 aromatic heterocycles. The summed E-state index contributed by atoms with van der Waals surface area (Å²) in [6, 6.07) is 19.3. The number of anilines is 1. The summed E-state index contributed by atoms with van der Waals surface area (Å²) in [7, 11) is -0.668. The molecule has 4 aromatic rings. The van der Waals surface area contributed by atoms with Gasteiger partial charge in [-0.15, -0.1) is 0 Å². The number of fused-ring (bicyclic) bond motifs is 1. The van der Waals surface area contributed by atoms with Crippen LogP contribution in [0.25, 0.3) is 16.5 Å². The highest BCUT2D eigenvalue weighted by Crippen LogP contribution is 2.25. The maximum Gasteiger partial charge on any atom is 0.296 e. The lowest BCUT2D eigenvalue weighted by Crippen LogP contribution is -2.23. The van der Waals surface area contributed by atoms with E-state index in [1.54, 1.807) is 62.2 Å². The third-order valence-electron chi connectivity index (χ3n) is 5.12. The molecule has 0 aliphatic carbocycles. The average molecular weight is 423 g/mol. The quantitative estimate of drug-likeness (QED) is 0.533. The molecule has 0 atom stereocenters. The summed E-state index contributed by atoms with van der Waals surface area (Å²) in [6.45, 7) is 1.70. The highest BCUT2D eigenvalue weighted by atomic mass is 32.2. The van der Waals surface area contributed by atoms with Crippen molar-refractivity contribution in [2.45, 2.75) is 11.8 Å². The van der Waals surface area contributed by atoms with Crippen LogP contribution in [0.1, 0.15) is 5.69 Å². The number of hydrogen-bond donors (Lipinski definition) is 1. The van der Waals surface area contributed by atoms with E-state index in [2.05, 4.69) is 4.72 Å². The van der Waals surface area contributed by atoms with E-state index < -0.39 is 15.6 Å². The van der Waals surface area contributed by atoms with Crippen molar-refractivity contribution >= 4 is 26.5 Å². The highest BCUT2D eigenvalue weighted by Gasteiger charge is 2.22. The molecule has 7 nitrogen and oxygen atoms in total. The van der Waals surface area contributed by atoms with Crippen LogP contribution in [0.3, 0.4) is 0 Å². The predicted octanol–water partition coefficient (Wildman–Crippen LogP) is 3.45. The number of rotatable bonds is 5. The van der Waals surface area contributed by atoms with E-state index in [-0.39, 0.29) is 10.6 Å². The van der Waals surface area contributed by atoms with Gasteiger partial charge in [-0.1, -0.05) is 30.3 Å². The zero-order chi connectivity index (χ0) is 21.5. The van der Waals surface area contributed by atoms with Gasteiger partial charge in [0.25, 0.3) is 15.6 Å². The number of methoxy groups -OCH3 is 1. The van der Waals surface area contributed by atoms with Gasteiger partial charge in [-0.3, -0.25) is 14.2 Å². The zero-order valence-corrected chi connectivity index (χ0v) is 17.6. The van der Waals surface area contributed by atoms with Crippen molar-refractivity contribution in [3.8, 4) is 11.4 Å². The van der Waals surface area contributed by atoms with Gasteiger partial charge in [-0.25, -0.2) is 13.1 Å². The fourth-order valence-corrected chi connectivity index (χ4v) is 4.53. The second kappa shape index (κ2) is 7.38. The molecule has 8 heteroatoms. The molecule has 0 saturated heterocycles. The van der Waals surface area contributed by atoms with E-state index in [0.29, 0.717) is 17.1 Å². The molecule has 0 fully saturated rings. The van der Waals surface area contributed by atoms with Gasteiger partial charge in [0.2, 0.25) is 0 Å². The summed E-state index contributed by atoms with van der Waals surface area (Å²) < 4.78 is 36.8. The molecule has 0 aliphatic heterocycles. The number of sulfonamides is 1. The van der Waals surface area contributed by atoms with E-state index in [1.165, 1.54) is 10.7 Å². The van der Waals surface area contributed by atoms with E-state index in [4.69, 9.17) is 4.74 Å². The van der Waals surface area contributed by atoms with E-state index in [1.807, 2.05) is 24.3 Å². The van der Waals surface area contributed by atoms with Crippen LogP contribution < -0.4 is 15.0 Å². The van der Waals surface area contributed by atoms with Crippen molar-refractivity contribution in [3.63, 3.8) is 0 Å². The highest BCUT2D eigenvalue weighted by molar-refractivity contribution is 7.92. The molecule has 1 N–H and O–H groups in total. The van der Waals surface area contributed by atoms with Crippen LogP contribution in [0.2, 0.25) is 0 Å². The Hall–Kier alpha value is -3.52. The van der Waals surface area contributed by atoms with Crippen molar-refractivity contribution < 1.29 is 13.2 Å². The van der Waals surface area contributed by atoms with Crippen LogP contribution in [-0.4, -0.2) is 24.9 Å². The molecule has 3 aromatic carbocycles. The lowest BCUT2D eigenvalue weighted by atomic mass is 10.1. The molecule has 0 aliphatic rings. The minimum Gasteiger partial charge on any atom is -0.497 e. The molecule has 0 unspecified atom stereocenters. The molecule has 4 rings (SSSR count). The predicted molar refractivity (Wildman–Crippen MR) is 117 cm³/mol. The Balaban J connectivity index is 1.76. The molecular formula is C22H21N3O4S. The Morgan fingerprint density at radius 3 is 2.30 bits per heavy atom. The van der Waals surface area contributed by atoms with E-state index >= 15 is 0 Å². The first-order valence-electron chi connectivity index (χ1n) is 9.26. The minimum absolute atomic E-state index is 0.0242. The van der Waals surface area contributed by atoms with Crippen LogP contribution in [0.15, 0.2) is 76.4 Å². The van der Waals surface area contributed by atoms with Crippen LogP contribution in [0.4, 0.5) is 5.69 Å². The van der Waals surface area contributed by atoms with Crippen molar-refractivity contribution in [2.75, 3.05) is 11.8 Å². The Bertz CT molecular complexity index is 1400. The molecule has 0 amide bonds. The summed E-state index contributed by atoms with van der Waals surface area (Å²) in [5.41, 5.74) is 0.752. The Labute approximate surface area is 174 Å². The first-order valence-corrected chi connectivity index (χ1v) is 10.7. The molecule has 0 bridgehead atoms. The number of hydrogen-bond acceptors (Lipinski definition) is 4. The normalized spacial score (nSPS) is 11.6. The number of ether oxygens (including phenoxy) is 1. The average Bonchev–Trinajstić information content (AvgIpc) is 2.96. The fourth-order valence-electron chi connectivity index (χ4n) is 3.38. The van der Waals surface area contributed by atoms with E-state index in [9.17, 15) is 13.2 Å². The summed E-state index contributed by atoms with van der Waals surface area (Å²) in [5, 5.41) is 1.61. The topological polar surface area (TPSA) is 82.3 Å². The van der Waals surface area contributed by atoms with Gasteiger partial charge in [0, 0.05) is 7.05 Å². The first kappa shape index (κ1) is 19.8. The van der Waals surface area contributed by atoms with Crippen molar-refractivity contribution in [3.05, 3.63) is 82.8 Å². The summed E-state index contributed by atoms with van der Waals surface area (Å²) in [5.74, 6) is 0.692. The van der Waals surface area contributed by atoms with Crippen LogP contribution in [0.5, 0.6) is 5.75 Å². The Morgan fingerprint density at radius 1 is 0.933 bits per heavy atom. The first-order chi connectivity index (χ1) is 14.3. The number of nitrogens with one attached hydrogen (secondary N) is 1. The summed E-state index contributed by atoms with van der Waals surface area (Å²) in [4.78, 5) is 13.1. The largest absolute Gasteiger partial charge is 0.497 e. The van der Waals surface area contributed by atoms with Gasteiger partial charge in [0.15, 0.2) is 0 Å². The van der Waals surface area contributed by atoms with Gasteiger partial charge >= 0.3 is 0 Å². The molecule has 1 heterocycles. The van der Waals surface area contributed by atoms with Gasteiger partial charge in [-0.2, -0.15) is 0 Å². The van der Waals surface area contributed by atoms with Crippen LogP contribution >= 0.6 is 0 Å². The zero-order valence-electron chi connectivity index (χ0n) is 16.8. The molecule has 30 heavy (non-hydrogen) atoms. The fraction of sp³-hybridized carbons (Fsp3) is 0.136. The Kier molecular flexibility index (Phi) is 4.87. The van der Waals surface area contributed by atoms with Gasteiger partial charge < -0.3 is 4.74 Å². The monoisotopic (exact) mass is 423 g/mol. The lowest BCUT2D eigenvalue weighted by Gasteiger charge is -2.09. The second-order valence-electron chi connectivity index (χ2n) is 6.92. The lowest BCUT2D eigenvalue weighted by molar-refractivity contribution is 0.415. The number of nitrogens with zero attached hydrogens (tertiary/aromatic N) is 2. The van der Waals surface area contributed by atoms with Crippen molar-refractivity contribution in [2.24, 2.45) is 7.05 Å². The molecule has 154 valence electrons. The van der Waals surface area contributed by atoms with Gasteiger partial charge in [-0.05, 0) is 54.1 Å². The summed E-state index contributed by atoms with van der Waals surface area (Å²) in [6.07, 6.45) is 0. The molecular weight excluding hydrogens is 402 g/mol. The minimum atomic E-state index is -3.96. The number of aromatic nitrogens is 2. The van der Waals surface area contributed by atoms with Crippen LogP contribution in [-0.2, 0) is 17.1 Å². The molecule has 0 radical (unpaired) electrons. The smallest absolute Gasteiger partial charge is 0.296 e. The van der Waals surface area contributed by atoms with Gasteiger partial charge in [0.1, 0.15) is 11.4 Å². The Morgan fingerprint density at radius 2 is 1.60 bits per heavy atom. The number of para-hydroxylation sites is 1. The number of benzene rings is 3. The van der Waals surface area contributed by atoms with Crippen LogP contribution in [0, 0.1) is 6.92 Å². The van der Waals surface area contributed by atoms with E-state index in [0.717, 1.165) is 10.8 Å². The third kappa shape index (κ3) is 3.35. The maximum absolute atomic E-state index is 13.0.